The van der Waals surface area contributed by atoms with Gasteiger partial charge >= 0.3 is 0 Å². The molecule has 0 aromatic carbocycles. The van der Waals surface area contributed by atoms with Crippen LogP contribution in [0.3, 0.4) is 0 Å². The van der Waals surface area contributed by atoms with Crippen molar-refractivity contribution >= 4 is 11.8 Å². The van der Waals surface area contributed by atoms with Gasteiger partial charge in [0, 0.05) is 25.4 Å². The van der Waals surface area contributed by atoms with Crippen LogP contribution in [0, 0.1) is 5.92 Å². The van der Waals surface area contributed by atoms with Crippen LogP contribution in [-0.4, -0.2) is 37.5 Å². The predicted octanol–water partition coefficient (Wildman–Crippen LogP) is 0.161. The summed E-state index contributed by atoms with van der Waals surface area (Å²) in [6, 6.07) is 0.139. The number of hydrogen-bond acceptors (Lipinski definition) is 3. The summed E-state index contributed by atoms with van der Waals surface area (Å²) in [6.07, 6.45) is 5.41. The monoisotopic (exact) mass is 253 g/mol. The number of carbonyl (C=O) groups is 2. The Balaban J connectivity index is 1.55. The number of carbonyl (C=O) groups excluding carboxylic acids is 2. The Kier molecular flexibility index (Phi) is 4.99. The molecule has 2 aliphatic heterocycles. The van der Waals surface area contributed by atoms with E-state index in [1.165, 1.54) is 12.8 Å². The fourth-order valence-electron chi connectivity index (χ4n) is 2.66. The highest BCUT2D eigenvalue weighted by Gasteiger charge is 2.21. The van der Waals surface area contributed by atoms with E-state index in [-0.39, 0.29) is 17.9 Å². The maximum Gasteiger partial charge on any atom is 0.220 e. The second-order valence-corrected chi connectivity index (χ2v) is 5.34. The van der Waals surface area contributed by atoms with Gasteiger partial charge in [-0.1, -0.05) is 0 Å². The molecule has 0 bridgehead atoms. The molecule has 0 aromatic heterocycles. The van der Waals surface area contributed by atoms with E-state index in [1.54, 1.807) is 0 Å². The first-order chi connectivity index (χ1) is 8.74. The Morgan fingerprint density at radius 3 is 2.72 bits per heavy atom. The maximum absolute atomic E-state index is 11.7. The first-order valence-electron chi connectivity index (χ1n) is 7.01. The first kappa shape index (κ1) is 13.3. The van der Waals surface area contributed by atoms with Crippen molar-refractivity contribution in [2.75, 3.05) is 19.6 Å². The molecule has 18 heavy (non-hydrogen) atoms. The summed E-state index contributed by atoms with van der Waals surface area (Å²) in [6.45, 7) is 2.75. The van der Waals surface area contributed by atoms with Crippen LogP contribution >= 0.6 is 0 Å². The number of hydrogen-bond donors (Lipinski definition) is 3. The minimum atomic E-state index is 0.101. The van der Waals surface area contributed by atoms with Crippen molar-refractivity contribution in [3.05, 3.63) is 0 Å². The van der Waals surface area contributed by atoms with Crippen LogP contribution in [0.2, 0.25) is 0 Å². The molecule has 2 heterocycles. The number of nitrogens with one attached hydrogen (secondary N) is 3. The summed E-state index contributed by atoms with van der Waals surface area (Å²) in [5, 5.41) is 9.10. The van der Waals surface area contributed by atoms with E-state index in [4.69, 9.17) is 0 Å². The smallest absolute Gasteiger partial charge is 0.220 e. The standard InChI is InChI=1S/C13H23N3O2/c17-12(3-1-10-5-7-14-8-6-10)15-9-11-2-4-13(18)16-11/h10-11,14H,1-9H2,(H,15,17)(H,16,18). The lowest BCUT2D eigenvalue weighted by Crippen LogP contribution is -2.38. The summed E-state index contributed by atoms with van der Waals surface area (Å²) in [5.41, 5.74) is 0. The van der Waals surface area contributed by atoms with Crippen LogP contribution in [0.5, 0.6) is 0 Å². The minimum Gasteiger partial charge on any atom is -0.354 e. The van der Waals surface area contributed by atoms with Crippen molar-refractivity contribution in [2.24, 2.45) is 5.92 Å². The molecule has 0 saturated carbocycles. The van der Waals surface area contributed by atoms with Crippen LogP contribution in [0.1, 0.15) is 38.5 Å². The molecule has 1 atom stereocenters. The largest absolute Gasteiger partial charge is 0.354 e. The zero-order chi connectivity index (χ0) is 12.8. The van der Waals surface area contributed by atoms with Crippen LogP contribution in [0.25, 0.3) is 0 Å². The van der Waals surface area contributed by atoms with Crippen molar-refractivity contribution in [3.63, 3.8) is 0 Å². The first-order valence-corrected chi connectivity index (χ1v) is 7.01. The molecule has 2 aliphatic rings. The van der Waals surface area contributed by atoms with E-state index in [0.717, 1.165) is 25.9 Å². The summed E-state index contributed by atoms with van der Waals surface area (Å²) in [7, 11) is 0. The van der Waals surface area contributed by atoms with Crippen molar-refractivity contribution in [1.29, 1.82) is 0 Å². The van der Waals surface area contributed by atoms with E-state index < -0.39 is 0 Å². The van der Waals surface area contributed by atoms with Gasteiger partial charge in [-0.15, -0.1) is 0 Å². The Morgan fingerprint density at radius 2 is 2.06 bits per heavy atom. The Morgan fingerprint density at radius 1 is 1.28 bits per heavy atom. The third-order valence-electron chi connectivity index (χ3n) is 3.87. The fourth-order valence-corrected chi connectivity index (χ4v) is 2.66. The minimum absolute atomic E-state index is 0.101. The second-order valence-electron chi connectivity index (χ2n) is 5.34. The van der Waals surface area contributed by atoms with Crippen LogP contribution in [0.4, 0.5) is 0 Å². The van der Waals surface area contributed by atoms with Gasteiger partial charge in [0.25, 0.3) is 0 Å². The topological polar surface area (TPSA) is 70.2 Å². The SMILES string of the molecule is O=C(CCC1CCNCC1)NCC1CCC(=O)N1. The van der Waals surface area contributed by atoms with Gasteiger partial charge in [-0.25, -0.2) is 0 Å². The molecule has 1 unspecified atom stereocenters. The second kappa shape index (κ2) is 6.73. The molecule has 0 spiro atoms. The average molecular weight is 253 g/mol. The molecule has 5 nitrogen and oxygen atoms in total. The molecular formula is C13H23N3O2. The van der Waals surface area contributed by atoms with E-state index in [0.29, 0.717) is 25.3 Å². The number of piperidine rings is 1. The third kappa shape index (κ3) is 4.29. The predicted molar refractivity (Wildman–Crippen MR) is 69.0 cm³/mol. The van der Waals surface area contributed by atoms with Crippen LogP contribution in [0.15, 0.2) is 0 Å². The number of amides is 2. The molecule has 2 rings (SSSR count). The fraction of sp³-hybridized carbons (Fsp3) is 0.846. The Hall–Kier alpha value is -1.10. The molecule has 0 aliphatic carbocycles. The van der Waals surface area contributed by atoms with Crippen molar-refractivity contribution in [1.82, 2.24) is 16.0 Å². The van der Waals surface area contributed by atoms with Crippen LogP contribution < -0.4 is 16.0 Å². The summed E-state index contributed by atoms with van der Waals surface area (Å²) in [5.74, 6) is 0.918. The highest BCUT2D eigenvalue weighted by Crippen LogP contribution is 2.17. The lowest BCUT2D eigenvalue weighted by Gasteiger charge is -2.22. The molecule has 102 valence electrons. The average Bonchev–Trinajstić information content (AvgIpc) is 2.81. The van der Waals surface area contributed by atoms with Crippen molar-refractivity contribution < 1.29 is 9.59 Å². The normalized spacial score (nSPS) is 24.9. The van der Waals surface area contributed by atoms with Gasteiger partial charge in [-0.2, -0.15) is 0 Å². The lowest BCUT2D eigenvalue weighted by atomic mass is 9.93. The molecule has 0 radical (unpaired) electrons. The van der Waals surface area contributed by atoms with Gasteiger partial charge in [-0.3, -0.25) is 9.59 Å². The molecule has 2 fully saturated rings. The van der Waals surface area contributed by atoms with Crippen molar-refractivity contribution in [2.45, 2.75) is 44.6 Å². The molecule has 3 N–H and O–H groups in total. The highest BCUT2D eigenvalue weighted by atomic mass is 16.2. The highest BCUT2D eigenvalue weighted by molar-refractivity contribution is 5.79. The van der Waals surface area contributed by atoms with Crippen molar-refractivity contribution in [3.8, 4) is 0 Å². The third-order valence-corrected chi connectivity index (χ3v) is 3.87. The lowest BCUT2D eigenvalue weighted by molar-refractivity contribution is -0.122. The maximum atomic E-state index is 11.7. The number of rotatable bonds is 5. The van der Waals surface area contributed by atoms with E-state index in [9.17, 15) is 9.59 Å². The van der Waals surface area contributed by atoms with E-state index in [1.807, 2.05) is 0 Å². The van der Waals surface area contributed by atoms with Gasteiger partial charge in [0.2, 0.25) is 11.8 Å². The summed E-state index contributed by atoms with van der Waals surface area (Å²) in [4.78, 5) is 22.7. The van der Waals surface area contributed by atoms with E-state index in [2.05, 4.69) is 16.0 Å². The van der Waals surface area contributed by atoms with Gasteiger partial charge in [0.1, 0.15) is 0 Å². The molecule has 2 amide bonds. The molecular weight excluding hydrogens is 230 g/mol. The summed E-state index contributed by atoms with van der Waals surface area (Å²) >= 11 is 0. The van der Waals surface area contributed by atoms with Crippen LogP contribution in [-0.2, 0) is 9.59 Å². The quantitative estimate of drug-likeness (QED) is 0.654. The Labute approximate surface area is 108 Å². The van der Waals surface area contributed by atoms with Gasteiger partial charge in [-0.05, 0) is 44.7 Å². The van der Waals surface area contributed by atoms with Gasteiger partial charge in [0.05, 0.1) is 0 Å². The molecule has 0 aromatic rings. The van der Waals surface area contributed by atoms with Gasteiger partial charge < -0.3 is 16.0 Å². The van der Waals surface area contributed by atoms with E-state index >= 15 is 0 Å². The molecule has 2 saturated heterocycles. The zero-order valence-electron chi connectivity index (χ0n) is 10.8. The summed E-state index contributed by atoms with van der Waals surface area (Å²) < 4.78 is 0. The Bertz CT molecular complexity index is 301. The molecule has 5 heteroatoms. The zero-order valence-corrected chi connectivity index (χ0v) is 10.8. The van der Waals surface area contributed by atoms with Gasteiger partial charge in [0.15, 0.2) is 0 Å².